The molecule has 0 saturated carbocycles. The summed E-state index contributed by atoms with van der Waals surface area (Å²) in [4.78, 5) is 19.2. The highest BCUT2D eigenvalue weighted by molar-refractivity contribution is 7.09. The van der Waals surface area contributed by atoms with Crippen molar-refractivity contribution >= 4 is 17.2 Å². The van der Waals surface area contributed by atoms with Crippen LogP contribution in [0.2, 0.25) is 0 Å². The average molecular weight is 538 g/mol. The zero-order chi connectivity index (χ0) is 26.9. The first-order valence-corrected chi connectivity index (χ1v) is 13.0. The van der Waals surface area contributed by atoms with Gasteiger partial charge in [-0.25, -0.2) is 13.8 Å². The van der Waals surface area contributed by atoms with Crippen molar-refractivity contribution in [2.45, 2.75) is 26.1 Å². The summed E-state index contributed by atoms with van der Waals surface area (Å²) in [5.74, 6) is 0.427. The number of benzene rings is 3. The van der Waals surface area contributed by atoms with Crippen molar-refractivity contribution in [1.29, 1.82) is 0 Å². The molecular formula is C29H29F2N3O3S. The lowest BCUT2D eigenvalue weighted by Crippen LogP contribution is -2.26. The van der Waals surface area contributed by atoms with Crippen LogP contribution in [0.3, 0.4) is 0 Å². The number of nitrogens with zero attached hydrogens (tertiary/aromatic N) is 2. The molecule has 9 heteroatoms. The minimum Gasteiger partial charge on any atom is -0.493 e. The van der Waals surface area contributed by atoms with Crippen LogP contribution in [0.4, 0.5) is 8.78 Å². The van der Waals surface area contributed by atoms with E-state index in [1.165, 1.54) is 29.5 Å². The van der Waals surface area contributed by atoms with Crippen LogP contribution in [-0.2, 0) is 26.1 Å². The highest BCUT2D eigenvalue weighted by Gasteiger charge is 2.16. The van der Waals surface area contributed by atoms with Crippen molar-refractivity contribution in [3.63, 3.8) is 0 Å². The standard InChI is InChI=1S/C29H29F2N3O3S/c1-36-26-12-9-20(15-27(26)37-2)13-14-34(17-22-5-3-4-6-24(22)31)18-28-33-25(19-38-28)29(35)32-16-21-7-10-23(30)11-8-21/h3-12,15,19H,13-14,16-18H2,1-2H3,(H,32,35). The van der Waals surface area contributed by atoms with E-state index in [1.807, 2.05) is 24.3 Å². The van der Waals surface area contributed by atoms with Crippen LogP contribution in [0.1, 0.15) is 32.2 Å². The molecule has 4 rings (SSSR count). The van der Waals surface area contributed by atoms with Crippen LogP contribution in [0, 0.1) is 11.6 Å². The Morgan fingerprint density at radius 1 is 0.947 bits per heavy atom. The predicted molar refractivity (Wildman–Crippen MR) is 143 cm³/mol. The summed E-state index contributed by atoms with van der Waals surface area (Å²) in [6.07, 6.45) is 0.700. The molecule has 0 aliphatic heterocycles. The fraction of sp³-hybridized carbons (Fsp3) is 0.241. The maximum absolute atomic E-state index is 14.4. The Bertz CT molecular complexity index is 1360. The molecule has 198 valence electrons. The Kier molecular flexibility index (Phi) is 9.40. The van der Waals surface area contributed by atoms with Gasteiger partial charge < -0.3 is 14.8 Å². The molecule has 0 atom stereocenters. The molecule has 0 spiro atoms. The van der Waals surface area contributed by atoms with E-state index in [-0.39, 0.29) is 24.1 Å². The number of ether oxygens (including phenoxy) is 2. The number of rotatable bonds is 12. The highest BCUT2D eigenvalue weighted by Crippen LogP contribution is 2.28. The number of carbonyl (C=O) groups is 1. The lowest BCUT2D eigenvalue weighted by atomic mass is 10.1. The first kappa shape index (κ1) is 27.2. The number of methoxy groups -OCH3 is 2. The molecule has 0 fully saturated rings. The van der Waals surface area contributed by atoms with Crippen LogP contribution in [0.5, 0.6) is 11.5 Å². The van der Waals surface area contributed by atoms with Crippen molar-refractivity contribution in [1.82, 2.24) is 15.2 Å². The van der Waals surface area contributed by atoms with Crippen LogP contribution < -0.4 is 14.8 Å². The summed E-state index contributed by atoms with van der Waals surface area (Å²) in [6, 6.07) is 18.5. The van der Waals surface area contributed by atoms with E-state index < -0.39 is 0 Å². The van der Waals surface area contributed by atoms with Crippen LogP contribution in [0.15, 0.2) is 72.1 Å². The van der Waals surface area contributed by atoms with Crippen molar-refractivity contribution in [2.24, 2.45) is 0 Å². The van der Waals surface area contributed by atoms with Crippen LogP contribution >= 0.6 is 11.3 Å². The maximum atomic E-state index is 14.4. The van der Waals surface area contributed by atoms with E-state index in [1.54, 1.807) is 43.9 Å². The first-order chi connectivity index (χ1) is 18.4. The van der Waals surface area contributed by atoms with E-state index >= 15 is 0 Å². The van der Waals surface area contributed by atoms with Gasteiger partial charge in [0.15, 0.2) is 11.5 Å². The normalized spacial score (nSPS) is 11.0. The molecule has 1 heterocycles. The van der Waals surface area contributed by atoms with E-state index in [2.05, 4.69) is 15.2 Å². The maximum Gasteiger partial charge on any atom is 0.271 e. The summed E-state index contributed by atoms with van der Waals surface area (Å²) in [6.45, 7) is 1.76. The lowest BCUT2D eigenvalue weighted by Gasteiger charge is -2.22. The zero-order valence-corrected chi connectivity index (χ0v) is 22.1. The SMILES string of the molecule is COc1ccc(CCN(Cc2nc(C(=O)NCc3ccc(F)cc3)cs2)Cc2ccccc2F)cc1OC. The molecule has 6 nitrogen and oxygen atoms in total. The number of nitrogens with one attached hydrogen (secondary N) is 1. The van der Waals surface area contributed by atoms with Gasteiger partial charge in [0, 0.05) is 30.6 Å². The molecule has 0 aliphatic rings. The van der Waals surface area contributed by atoms with Gasteiger partial charge in [-0.3, -0.25) is 9.69 Å². The molecule has 0 unspecified atom stereocenters. The molecule has 0 radical (unpaired) electrons. The fourth-order valence-electron chi connectivity index (χ4n) is 3.96. The van der Waals surface area contributed by atoms with E-state index in [0.717, 1.165) is 16.1 Å². The second-order valence-electron chi connectivity index (χ2n) is 8.68. The summed E-state index contributed by atoms with van der Waals surface area (Å²) >= 11 is 1.38. The smallest absolute Gasteiger partial charge is 0.271 e. The predicted octanol–water partition coefficient (Wildman–Crippen LogP) is 5.61. The van der Waals surface area contributed by atoms with E-state index in [4.69, 9.17) is 9.47 Å². The van der Waals surface area contributed by atoms with Gasteiger partial charge in [-0.2, -0.15) is 0 Å². The number of amides is 1. The number of carbonyl (C=O) groups excluding carboxylic acids is 1. The van der Waals surface area contributed by atoms with Crippen molar-refractivity contribution < 1.29 is 23.0 Å². The number of hydrogen-bond acceptors (Lipinski definition) is 6. The van der Waals surface area contributed by atoms with Crippen LogP contribution in [0.25, 0.3) is 0 Å². The lowest BCUT2D eigenvalue weighted by molar-refractivity contribution is 0.0946. The third-order valence-electron chi connectivity index (χ3n) is 6.03. The van der Waals surface area contributed by atoms with Gasteiger partial charge in [-0.1, -0.05) is 36.4 Å². The van der Waals surface area contributed by atoms with E-state index in [0.29, 0.717) is 48.8 Å². The Balaban J connectivity index is 1.43. The van der Waals surface area contributed by atoms with Gasteiger partial charge in [0.25, 0.3) is 5.91 Å². The van der Waals surface area contributed by atoms with E-state index in [9.17, 15) is 13.6 Å². The number of hydrogen-bond donors (Lipinski definition) is 1. The Morgan fingerprint density at radius 2 is 1.68 bits per heavy atom. The molecule has 0 saturated heterocycles. The van der Waals surface area contributed by atoms with Gasteiger partial charge in [0.1, 0.15) is 22.3 Å². The summed E-state index contributed by atoms with van der Waals surface area (Å²) in [5, 5.41) is 5.28. The van der Waals surface area contributed by atoms with Gasteiger partial charge >= 0.3 is 0 Å². The van der Waals surface area contributed by atoms with Crippen molar-refractivity contribution in [3.05, 3.63) is 111 Å². The molecule has 38 heavy (non-hydrogen) atoms. The van der Waals surface area contributed by atoms with Gasteiger partial charge in [0.05, 0.1) is 20.8 Å². The molecule has 0 bridgehead atoms. The van der Waals surface area contributed by atoms with Crippen molar-refractivity contribution in [2.75, 3.05) is 20.8 Å². The highest BCUT2D eigenvalue weighted by atomic mass is 32.1. The molecular weight excluding hydrogens is 508 g/mol. The van der Waals surface area contributed by atoms with Gasteiger partial charge in [-0.15, -0.1) is 11.3 Å². The molecule has 3 aromatic carbocycles. The quantitative estimate of drug-likeness (QED) is 0.254. The molecule has 4 aromatic rings. The number of halogens is 2. The summed E-state index contributed by atoms with van der Waals surface area (Å²) in [7, 11) is 3.20. The Labute approximate surface area is 224 Å². The minimum absolute atomic E-state index is 0.261. The molecule has 1 aromatic heterocycles. The van der Waals surface area contributed by atoms with Gasteiger partial charge in [0.2, 0.25) is 0 Å². The Hall–Kier alpha value is -3.82. The largest absolute Gasteiger partial charge is 0.493 e. The van der Waals surface area contributed by atoms with Crippen molar-refractivity contribution in [3.8, 4) is 11.5 Å². The summed E-state index contributed by atoms with van der Waals surface area (Å²) < 4.78 is 38.3. The molecule has 1 amide bonds. The second kappa shape index (κ2) is 13.1. The number of aromatic nitrogens is 1. The number of thiazole rings is 1. The third-order valence-corrected chi connectivity index (χ3v) is 6.86. The van der Waals surface area contributed by atoms with Gasteiger partial charge in [-0.05, 0) is 47.9 Å². The first-order valence-electron chi connectivity index (χ1n) is 12.1. The Morgan fingerprint density at radius 3 is 2.42 bits per heavy atom. The fourth-order valence-corrected chi connectivity index (χ4v) is 4.77. The monoisotopic (exact) mass is 537 g/mol. The minimum atomic E-state index is -0.324. The average Bonchev–Trinajstić information content (AvgIpc) is 3.41. The molecule has 1 N–H and O–H groups in total. The summed E-state index contributed by atoms with van der Waals surface area (Å²) in [5.41, 5.74) is 2.76. The topological polar surface area (TPSA) is 63.7 Å². The third kappa shape index (κ3) is 7.36. The molecule has 0 aliphatic carbocycles. The zero-order valence-electron chi connectivity index (χ0n) is 21.2. The second-order valence-corrected chi connectivity index (χ2v) is 9.62. The van der Waals surface area contributed by atoms with Crippen LogP contribution in [-0.4, -0.2) is 36.6 Å².